The molecular weight excluding hydrogens is 265 g/mol. The normalized spacial score (nSPS) is 27.6. The third-order valence-electron chi connectivity index (χ3n) is 3.51. The van der Waals surface area contributed by atoms with Gasteiger partial charge >= 0.3 is 6.18 Å². The van der Waals surface area contributed by atoms with Crippen LogP contribution in [-0.2, 0) is 14.4 Å². The van der Waals surface area contributed by atoms with E-state index < -0.39 is 47.6 Å². The highest BCUT2D eigenvalue weighted by Gasteiger charge is 2.51. The lowest BCUT2D eigenvalue weighted by Crippen LogP contribution is -2.48. The summed E-state index contributed by atoms with van der Waals surface area (Å²) >= 11 is 0. The summed E-state index contributed by atoms with van der Waals surface area (Å²) in [6.07, 6.45) is -4.63. The molecule has 1 rings (SSSR count). The van der Waals surface area contributed by atoms with Crippen molar-refractivity contribution >= 4 is 17.6 Å². The first kappa shape index (κ1) is 15.6. The topological polar surface area (TPSA) is 80.5 Å². The van der Waals surface area contributed by atoms with Crippen molar-refractivity contribution in [1.82, 2.24) is 4.90 Å². The summed E-state index contributed by atoms with van der Waals surface area (Å²) in [6, 6.07) is -1.85. The zero-order valence-electron chi connectivity index (χ0n) is 10.7. The highest BCUT2D eigenvalue weighted by Crippen LogP contribution is 2.32. The second-order valence-electron chi connectivity index (χ2n) is 4.76. The van der Waals surface area contributed by atoms with E-state index in [2.05, 4.69) is 0 Å². The SMILES string of the molecule is CC(C(N)C(=O)[C@@H]1C(=O)N(C)C(=O)[C@H]1C)C(F)(F)F. The Balaban J connectivity index is 2.96. The van der Waals surface area contributed by atoms with Crippen LogP contribution < -0.4 is 5.73 Å². The number of hydrogen-bond acceptors (Lipinski definition) is 4. The number of amides is 2. The van der Waals surface area contributed by atoms with Gasteiger partial charge in [-0.3, -0.25) is 19.3 Å². The number of alkyl halides is 3. The maximum absolute atomic E-state index is 12.5. The van der Waals surface area contributed by atoms with Crippen LogP contribution in [0.5, 0.6) is 0 Å². The summed E-state index contributed by atoms with van der Waals surface area (Å²) in [5, 5.41) is 0. The number of carbonyl (C=O) groups excluding carboxylic acids is 3. The maximum Gasteiger partial charge on any atom is 0.393 e. The highest BCUT2D eigenvalue weighted by molar-refractivity contribution is 6.16. The molecule has 0 bridgehead atoms. The van der Waals surface area contributed by atoms with Gasteiger partial charge in [-0.2, -0.15) is 13.2 Å². The average Bonchev–Trinajstić information content (AvgIpc) is 2.50. The molecule has 1 aliphatic rings. The van der Waals surface area contributed by atoms with E-state index in [1.807, 2.05) is 0 Å². The molecule has 2 N–H and O–H groups in total. The molecule has 2 unspecified atom stereocenters. The number of carbonyl (C=O) groups is 3. The maximum atomic E-state index is 12.5. The molecule has 1 fully saturated rings. The molecule has 2 amide bonds. The van der Waals surface area contributed by atoms with Crippen molar-refractivity contribution in [2.45, 2.75) is 26.1 Å². The van der Waals surface area contributed by atoms with Gasteiger partial charge in [0.1, 0.15) is 5.92 Å². The Morgan fingerprint density at radius 1 is 1.32 bits per heavy atom. The third kappa shape index (κ3) is 2.63. The highest BCUT2D eigenvalue weighted by atomic mass is 19.4. The van der Waals surface area contributed by atoms with Crippen LogP contribution >= 0.6 is 0 Å². The Hall–Kier alpha value is -1.44. The smallest absolute Gasteiger partial charge is 0.321 e. The molecule has 0 radical (unpaired) electrons. The number of nitrogens with two attached hydrogens (primary N) is 1. The quantitative estimate of drug-likeness (QED) is 0.597. The van der Waals surface area contributed by atoms with E-state index in [0.29, 0.717) is 0 Å². The van der Waals surface area contributed by atoms with E-state index in [4.69, 9.17) is 5.73 Å². The fourth-order valence-electron chi connectivity index (χ4n) is 2.00. The number of likely N-dealkylation sites (tertiary alicyclic amines) is 1. The van der Waals surface area contributed by atoms with Crippen LogP contribution in [0.4, 0.5) is 13.2 Å². The van der Waals surface area contributed by atoms with Crippen molar-refractivity contribution in [3.63, 3.8) is 0 Å². The molecule has 19 heavy (non-hydrogen) atoms. The third-order valence-corrected chi connectivity index (χ3v) is 3.51. The van der Waals surface area contributed by atoms with E-state index >= 15 is 0 Å². The lowest BCUT2D eigenvalue weighted by molar-refractivity contribution is -0.178. The van der Waals surface area contributed by atoms with Crippen LogP contribution in [0.1, 0.15) is 13.8 Å². The summed E-state index contributed by atoms with van der Waals surface area (Å²) in [7, 11) is 1.19. The van der Waals surface area contributed by atoms with Crippen LogP contribution in [0.3, 0.4) is 0 Å². The van der Waals surface area contributed by atoms with E-state index in [-0.39, 0.29) is 0 Å². The number of hydrogen-bond donors (Lipinski definition) is 1. The number of halogens is 3. The van der Waals surface area contributed by atoms with Crippen molar-refractivity contribution in [2.75, 3.05) is 7.05 Å². The first-order chi connectivity index (χ1) is 8.50. The fourth-order valence-corrected chi connectivity index (χ4v) is 2.00. The minimum absolute atomic E-state index is 0.588. The first-order valence-electron chi connectivity index (χ1n) is 5.67. The van der Waals surface area contributed by atoms with Crippen LogP contribution in [0.15, 0.2) is 0 Å². The molecule has 5 nitrogen and oxygen atoms in total. The molecule has 0 saturated carbocycles. The molecule has 4 atom stereocenters. The zero-order valence-corrected chi connectivity index (χ0v) is 10.7. The van der Waals surface area contributed by atoms with E-state index in [1.54, 1.807) is 0 Å². The summed E-state index contributed by atoms with van der Waals surface area (Å²) < 4.78 is 37.5. The predicted molar refractivity (Wildman–Crippen MR) is 58.6 cm³/mol. The van der Waals surface area contributed by atoms with Gasteiger partial charge in [-0.05, 0) is 0 Å². The Kier molecular flexibility index (Phi) is 4.04. The van der Waals surface area contributed by atoms with Crippen LogP contribution in [0.2, 0.25) is 0 Å². The van der Waals surface area contributed by atoms with Crippen molar-refractivity contribution in [1.29, 1.82) is 0 Å². The molecule has 0 aromatic heterocycles. The molecule has 8 heteroatoms. The summed E-state index contributed by atoms with van der Waals surface area (Å²) in [4.78, 5) is 35.9. The Labute approximate surface area is 107 Å². The Bertz CT molecular complexity index is 422. The average molecular weight is 280 g/mol. The second-order valence-corrected chi connectivity index (χ2v) is 4.76. The van der Waals surface area contributed by atoms with E-state index in [1.165, 1.54) is 14.0 Å². The number of imide groups is 1. The molecule has 108 valence electrons. The van der Waals surface area contributed by atoms with Crippen molar-refractivity contribution in [3.05, 3.63) is 0 Å². The zero-order chi connectivity index (χ0) is 15.1. The lowest BCUT2D eigenvalue weighted by atomic mass is 9.84. The van der Waals surface area contributed by atoms with Crippen molar-refractivity contribution in [3.8, 4) is 0 Å². The molecule has 1 saturated heterocycles. The van der Waals surface area contributed by atoms with Gasteiger partial charge in [0.15, 0.2) is 5.78 Å². The summed E-state index contributed by atoms with van der Waals surface area (Å²) in [6.45, 7) is 2.11. The van der Waals surface area contributed by atoms with E-state index in [0.717, 1.165) is 11.8 Å². The lowest BCUT2D eigenvalue weighted by Gasteiger charge is -2.23. The Morgan fingerprint density at radius 3 is 2.11 bits per heavy atom. The van der Waals surface area contributed by atoms with Crippen LogP contribution in [0, 0.1) is 17.8 Å². The molecule has 1 heterocycles. The fraction of sp³-hybridized carbons (Fsp3) is 0.727. The van der Waals surface area contributed by atoms with Crippen LogP contribution in [0.25, 0.3) is 0 Å². The Morgan fingerprint density at radius 2 is 1.79 bits per heavy atom. The van der Waals surface area contributed by atoms with E-state index in [9.17, 15) is 27.6 Å². The van der Waals surface area contributed by atoms with Crippen molar-refractivity contribution in [2.24, 2.45) is 23.5 Å². The molecule has 0 aliphatic carbocycles. The van der Waals surface area contributed by atoms with Crippen molar-refractivity contribution < 1.29 is 27.6 Å². The minimum Gasteiger partial charge on any atom is -0.321 e. The van der Waals surface area contributed by atoms with Gasteiger partial charge < -0.3 is 5.73 Å². The van der Waals surface area contributed by atoms with Gasteiger partial charge in [-0.1, -0.05) is 13.8 Å². The van der Waals surface area contributed by atoms with Gasteiger partial charge in [-0.15, -0.1) is 0 Å². The largest absolute Gasteiger partial charge is 0.393 e. The van der Waals surface area contributed by atoms with Gasteiger partial charge in [0, 0.05) is 7.05 Å². The van der Waals surface area contributed by atoms with Gasteiger partial charge in [0.25, 0.3) is 0 Å². The molecular formula is C11H15F3N2O3. The molecule has 0 aromatic rings. The van der Waals surface area contributed by atoms with Crippen LogP contribution in [-0.4, -0.2) is 41.8 Å². The standard InChI is InChI=1S/C11H15F3N2O3/c1-4-6(10(19)16(3)9(4)18)8(17)7(15)5(2)11(12,13)14/h4-7H,15H2,1-3H3/t4-,5?,6+,7?/m0/s1. The second kappa shape index (κ2) is 4.92. The molecule has 0 spiro atoms. The summed E-state index contributed by atoms with van der Waals surface area (Å²) in [5.74, 6) is -6.89. The number of Topliss-reactive ketones (excluding diaryl/α,β-unsaturated/α-hetero) is 1. The number of nitrogens with zero attached hydrogens (tertiary/aromatic N) is 1. The number of rotatable bonds is 3. The van der Waals surface area contributed by atoms with Gasteiger partial charge in [-0.25, -0.2) is 0 Å². The predicted octanol–water partition coefficient (Wildman–Crippen LogP) is 0.332. The van der Waals surface area contributed by atoms with Gasteiger partial charge in [0.05, 0.1) is 17.9 Å². The summed E-state index contributed by atoms with van der Waals surface area (Å²) in [5.41, 5.74) is 5.29. The van der Waals surface area contributed by atoms with Gasteiger partial charge in [0.2, 0.25) is 11.8 Å². The monoisotopic (exact) mass is 280 g/mol. The molecule has 1 aliphatic heterocycles. The number of ketones is 1. The minimum atomic E-state index is -4.63. The first-order valence-corrected chi connectivity index (χ1v) is 5.67. The molecule has 0 aromatic carbocycles.